The van der Waals surface area contributed by atoms with Gasteiger partial charge in [0.1, 0.15) is 66.2 Å². The molecule has 7 rings (SSSR count). The largest absolute Gasteiger partial charge is 0.496 e. The van der Waals surface area contributed by atoms with Crippen LogP contribution >= 0.6 is 6.89 Å². The molecule has 0 bridgehead atoms. The lowest BCUT2D eigenvalue weighted by Crippen LogP contribution is -2.30. The van der Waals surface area contributed by atoms with Crippen LogP contribution in [0.2, 0.25) is 51.4 Å². The topological polar surface area (TPSA) is 141 Å². The number of benzene rings is 5. The maximum atomic E-state index is 12.3. The molecule has 0 aromatic heterocycles. The lowest BCUT2D eigenvalue weighted by molar-refractivity contribution is -0.107. The summed E-state index contributed by atoms with van der Waals surface area (Å²) in [4.78, 5) is 58.4. The number of fused-ring (bicyclic) bond motifs is 2. The van der Waals surface area contributed by atoms with Gasteiger partial charge in [-0.15, -0.1) is 0 Å². The average molecular weight is 1050 g/mol. The zero-order chi connectivity index (χ0) is 52.8. The molecule has 0 amide bonds. The van der Waals surface area contributed by atoms with E-state index in [4.69, 9.17) is 28.4 Å². The van der Waals surface area contributed by atoms with Gasteiger partial charge in [0.25, 0.3) is 0 Å². The molecule has 0 radical (unpaired) electrons. The molecular weight excluding hydrogens is 972 g/mol. The summed E-state index contributed by atoms with van der Waals surface area (Å²) in [7, 11) is 0.630. The van der Waals surface area contributed by atoms with Crippen LogP contribution in [-0.4, -0.2) is 79.7 Å². The molecule has 390 valence electrons. The molecule has 0 fully saturated rings. The van der Waals surface area contributed by atoms with Crippen molar-refractivity contribution >= 4 is 75.0 Å². The van der Waals surface area contributed by atoms with Gasteiger partial charge >= 0.3 is 11.9 Å². The molecule has 0 saturated heterocycles. The van der Waals surface area contributed by atoms with Gasteiger partial charge < -0.3 is 33.2 Å². The quantitative estimate of drug-likeness (QED) is 0.0257. The van der Waals surface area contributed by atoms with Gasteiger partial charge in [0.05, 0.1) is 27.4 Å². The Balaban J connectivity index is 0.000000236. The second kappa shape index (κ2) is 26.6. The second-order valence-corrected chi connectivity index (χ2v) is 35.0. The number of allylic oxidation sites excluding steroid dienone is 2. The molecule has 14 heteroatoms. The maximum Gasteiger partial charge on any atom is 0.342 e. The Bertz CT molecular complexity index is 2720. The number of ether oxygens (including phenoxy) is 6. The van der Waals surface area contributed by atoms with Crippen molar-refractivity contribution in [2.75, 3.05) is 27.4 Å². The molecule has 0 saturated carbocycles. The Kier molecular flexibility index (Phi) is 21.6. The van der Waals surface area contributed by atoms with Crippen LogP contribution in [0, 0.1) is 13.8 Å². The number of hydrogen-bond donors (Lipinski definition) is 0. The molecule has 0 spiro atoms. The molecular formula is C59H75O11PSi2. The minimum atomic E-state index is -2.10. The van der Waals surface area contributed by atoms with Crippen molar-refractivity contribution in [1.82, 2.24) is 0 Å². The van der Waals surface area contributed by atoms with Gasteiger partial charge in [-0.3, -0.25) is 9.59 Å². The molecule has 5 aromatic rings. The third-order valence-electron chi connectivity index (χ3n) is 12.7. The highest BCUT2D eigenvalue weighted by Crippen LogP contribution is 2.46. The maximum absolute atomic E-state index is 12.3. The van der Waals surface area contributed by atoms with Crippen LogP contribution in [-0.2, 0) is 49.9 Å². The van der Waals surface area contributed by atoms with Gasteiger partial charge in [-0.25, -0.2) is 9.59 Å². The Morgan fingerprint density at radius 3 is 1.26 bits per heavy atom. The number of carbonyl (C=O) groups excluding carboxylic acids is 5. The Labute approximate surface area is 435 Å². The lowest BCUT2D eigenvalue weighted by Gasteiger charge is -2.30. The van der Waals surface area contributed by atoms with E-state index in [2.05, 4.69) is 75.7 Å². The molecule has 0 aliphatic carbocycles. The van der Waals surface area contributed by atoms with E-state index in [-0.39, 0.29) is 39.0 Å². The summed E-state index contributed by atoms with van der Waals surface area (Å²) in [5, 5.41) is 4.52. The second-order valence-electron chi connectivity index (χ2n) is 20.2. The van der Waals surface area contributed by atoms with Crippen molar-refractivity contribution in [1.29, 1.82) is 0 Å². The summed E-state index contributed by atoms with van der Waals surface area (Å²) in [5.41, 5.74) is 6.36. The van der Waals surface area contributed by atoms with E-state index in [9.17, 15) is 24.0 Å². The van der Waals surface area contributed by atoms with Crippen molar-refractivity contribution < 1.29 is 52.4 Å². The Hall–Kier alpha value is -6.28. The monoisotopic (exact) mass is 1050 g/mol. The molecule has 2 heterocycles. The van der Waals surface area contributed by atoms with E-state index in [0.717, 1.165) is 64.1 Å². The molecule has 0 N–H and O–H groups in total. The van der Waals surface area contributed by atoms with Crippen molar-refractivity contribution in [3.63, 3.8) is 0 Å². The van der Waals surface area contributed by atoms with Gasteiger partial charge in [0.2, 0.25) is 0 Å². The smallest absolute Gasteiger partial charge is 0.342 e. The number of aldehydes is 3. The first-order chi connectivity index (χ1) is 34.3. The highest BCUT2D eigenvalue weighted by atomic mass is 31.2. The van der Waals surface area contributed by atoms with Crippen molar-refractivity contribution in [3.05, 3.63) is 147 Å². The van der Waals surface area contributed by atoms with Gasteiger partial charge in [0, 0.05) is 44.8 Å². The fourth-order valence-electron chi connectivity index (χ4n) is 8.74. The third-order valence-corrected chi connectivity index (χ3v) is 20.5. The number of carbonyl (C=O) groups is 5. The van der Waals surface area contributed by atoms with Crippen LogP contribution in [0.25, 0.3) is 0 Å². The molecule has 73 heavy (non-hydrogen) atoms. The van der Waals surface area contributed by atoms with Gasteiger partial charge in [-0.1, -0.05) is 144 Å². The van der Waals surface area contributed by atoms with E-state index in [1.165, 1.54) is 15.9 Å². The summed E-state index contributed by atoms with van der Waals surface area (Å²) >= 11 is 0. The Morgan fingerprint density at radius 1 is 0.575 bits per heavy atom. The van der Waals surface area contributed by atoms with Gasteiger partial charge in [0.15, 0.2) is 0 Å². The summed E-state index contributed by atoms with van der Waals surface area (Å²) in [5.74, 6) is 1.55. The van der Waals surface area contributed by atoms with E-state index < -0.39 is 23.0 Å². The summed E-state index contributed by atoms with van der Waals surface area (Å²) in [6.45, 7) is 20.6. The van der Waals surface area contributed by atoms with Crippen LogP contribution in [0.4, 0.5) is 0 Å². The Morgan fingerprint density at radius 2 is 0.945 bits per heavy atom. The van der Waals surface area contributed by atoms with Crippen LogP contribution in [0.1, 0.15) is 75.4 Å². The van der Waals surface area contributed by atoms with Crippen LogP contribution in [0.3, 0.4) is 0 Å². The number of esters is 2. The van der Waals surface area contributed by atoms with E-state index in [1.807, 2.05) is 81.4 Å². The van der Waals surface area contributed by atoms with Crippen molar-refractivity contribution in [3.8, 4) is 23.0 Å². The molecule has 11 nitrogen and oxygen atoms in total. The minimum absolute atomic E-state index is 0. The van der Waals surface area contributed by atoms with Crippen LogP contribution < -0.4 is 34.9 Å². The molecule has 5 aromatic carbocycles. The predicted molar refractivity (Wildman–Crippen MR) is 303 cm³/mol. The van der Waals surface area contributed by atoms with Crippen LogP contribution in [0.15, 0.2) is 103 Å². The fourth-order valence-corrected chi connectivity index (χ4v) is 14.3. The third kappa shape index (κ3) is 14.1. The standard InChI is InChI=1S/C21H19OP.C20H28O5Si.C17H24O5Si.CH4/c1-18(17-22)23(19-11-5-2-6-12-19,20-13-7-3-8-14-20)21-15-9-4-10-16-21;1-13(11-21)7-8-15-18(23-3)14(2)16-12-25-20(22)17(16)19(15)24-9-10-26(4,5)6;1-11-13-10-22-17(19)14(13)16(21-8-9-23(3,4)5)12(6-7-18)15(11)20-2;/h2-17H,1H3;7,11H,8-10,12H2,1-6H3;7H,6,8-10H2,1-5H3;1H4/b;13-7+;;. The lowest BCUT2D eigenvalue weighted by atomic mass is 9.95. The van der Waals surface area contributed by atoms with E-state index in [1.54, 1.807) is 21.1 Å². The first-order valence-electron chi connectivity index (χ1n) is 24.2. The van der Waals surface area contributed by atoms with Gasteiger partial charge in [-0.2, -0.15) is 0 Å². The summed E-state index contributed by atoms with van der Waals surface area (Å²) in [6, 6.07) is 33.1. The fraction of sp³-hybridized carbons (Fsp3) is 0.356. The molecule has 0 atom stereocenters. The van der Waals surface area contributed by atoms with E-state index >= 15 is 0 Å². The number of rotatable bonds is 19. The SMILES string of the molecule is C.CC(C=O)=P(c1ccccc1)(c1ccccc1)c1ccccc1.COc1c(C)c2c(c(OCC[Si](C)(C)C)c1C/C=C(\C)C=O)C(=O)OC2.COc1c(C)c2c(c(OCC[Si](C)(C)C)c1CC=O)C(=O)OC2. The van der Waals surface area contributed by atoms with Gasteiger partial charge in [-0.05, 0) is 91.0 Å². The number of hydrogen-bond acceptors (Lipinski definition) is 11. The minimum Gasteiger partial charge on any atom is -0.496 e. The highest BCUT2D eigenvalue weighted by molar-refractivity contribution is 7.96. The molecule has 2 aliphatic heterocycles. The zero-order valence-corrected chi connectivity index (χ0v) is 47.0. The highest BCUT2D eigenvalue weighted by Gasteiger charge is 2.35. The van der Waals surface area contributed by atoms with Crippen LogP contribution in [0.5, 0.6) is 23.0 Å². The molecule has 0 unspecified atom stereocenters. The number of methoxy groups -OCH3 is 2. The molecule has 2 aliphatic rings. The summed E-state index contributed by atoms with van der Waals surface area (Å²) < 4.78 is 33.6. The van der Waals surface area contributed by atoms with E-state index in [0.29, 0.717) is 64.9 Å². The normalized spacial score (nSPS) is 12.7. The summed E-state index contributed by atoms with van der Waals surface area (Å²) in [6.07, 6.45) is 5.06. The predicted octanol–water partition coefficient (Wildman–Crippen LogP) is 11.2. The number of cyclic esters (lactones) is 2. The van der Waals surface area contributed by atoms with Crippen molar-refractivity contribution in [2.45, 2.75) is 113 Å². The first kappa shape index (κ1) is 59.3. The first-order valence-corrected chi connectivity index (χ1v) is 33.4. The average Bonchev–Trinajstić information content (AvgIpc) is 3.95. The zero-order valence-electron chi connectivity index (χ0n) is 44.1. The van der Waals surface area contributed by atoms with Crippen molar-refractivity contribution in [2.24, 2.45) is 0 Å².